The van der Waals surface area contributed by atoms with Gasteiger partial charge in [-0.15, -0.1) is 23.1 Å². The third-order valence-corrected chi connectivity index (χ3v) is 9.34. The van der Waals surface area contributed by atoms with Crippen LogP contribution in [0, 0.1) is 0 Å². The summed E-state index contributed by atoms with van der Waals surface area (Å²) in [5, 5.41) is 8.96. The second-order valence-corrected chi connectivity index (χ2v) is 12.5. The summed E-state index contributed by atoms with van der Waals surface area (Å²) in [5.74, 6) is -1.17. The molecule has 2 heterocycles. The molecule has 0 aliphatic heterocycles. The second-order valence-electron chi connectivity index (χ2n) is 10.3. The Kier molecular flexibility index (Phi) is 10.9. The number of furan rings is 1. The van der Waals surface area contributed by atoms with Crippen LogP contribution >= 0.6 is 23.1 Å². The van der Waals surface area contributed by atoms with Crippen LogP contribution in [-0.4, -0.2) is 36.6 Å². The van der Waals surface area contributed by atoms with Gasteiger partial charge >= 0.3 is 5.97 Å². The first-order valence-corrected chi connectivity index (χ1v) is 16.4. The molecule has 0 fully saturated rings. The van der Waals surface area contributed by atoms with Gasteiger partial charge in [-0.2, -0.15) is 0 Å². The fourth-order valence-electron chi connectivity index (χ4n) is 4.96. The number of aryl methyl sites for hydroxylation is 1. The molecule has 5 rings (SSSR count). The molecule has 4 aromatic rings. The zero-order valence-electron chi connectivity index (χ0n) is 24.7. The Morgan fingerprint density at radius 2 is 1.73 bits per heavy atom. The first kappa shape index (κ1) is 31.8. The number of thiophene rings is 1. The van der Waals surface area contributed by atoms with Crippen molar-refractivity contribution in [2.24, 2.45) is 0 Å². The quantitative estimate of drug-likeness (QED) is 0.0972. The Labute approximate surface area is 269 Å². The molecular formula is C34H33N3O6S2. The summed E-state index contributed by atoms with van der Waals surface area (Å²) in [5.41, 5.74) is 2.36. The number of hydrogen-bond acceptors (Lipinski definition) is 8. The molecule has 2 aromatic carbocycles. The third-order valence-electron chi connectivity index (χ3n) is 7.13. The van der Waals surface area contributed by atoms with Crippen molar-refractivity contribution in [2.45, 2.75) is 43.4 Å². The third kappa shape index (κ3) is 8.52. The summed E-state index contributed by atoms with van der Waals surface area (Å²) in [6.07, 6.45) is 8.96. The van der Waals surface area contributed by atoms with Crippen molar-refractivity contribution < 1.29 is 28.3 Å². The lowest BCUT2D eigenvalue weighted by molar-refractivity contribution is -0.114. The van der Waals surface area contributed by atoms with Gasteiger partial charge in [-0.05, 0) is 73.7 Å². The second kappa shape index (κ2) is 15.4. The van der Waals surface area contributed by atoms with Crippen LogP contribution in [0.1, 0.15) is 62.6 Å². The van der Waals surface area contributed by atoms with Crippen LogP contribution in [0.25, 0.3) is 6.08 Å². The Bertz CT molecular complexity index is 1700. The predicted molar refractivity (Wildman–Crippen MR) is 177 cm³/mol. The van der Waals surface area contributed by atoms with Crippen molar-refractivity contribution in [3.8, 4) is 0 Å². The van der Waals surface area contributed by atoms with Crippen LogP contribution in [0.15, 0.2) is 88.0 Å². The summed E-state index contributed by atoms with van der Waals surface area (Å²) in [7, 11) is 1.36. The molecular weight excluding hydrogens is 611 g/mol. The topological polar surface area (TPSA) is 127 Å². The highest BCUT2D eigenvalue weighted by molar-refractivity contribution is 8.00. The van der Waals surface area contributed by atoms with Gasteiger partial charge in [0.1, 0.15) is 16.5 Å². The summed E-state index contributed by atoms with van der Waals surface area (Å²) in [6.45, 7) is 0. The molecule has 0 atom stereocenters. The number of esters is 1. The van der Waals surface area contributed by atoms with E-state index in [1.54, 1.807) is 60.7 Å². The molecule has 0 radical (unpaired) electrons. The SMILES string of the molecule is COC(=O)c1c(NC(=O)CSc2cccc(NC(=O)/C(=C/c3ccco3)NC(=O)c3ccccc3)c2)sc2c1CCCCCC2. The first-order valence-electron chi connectivity index (χ1n) is 14.6. The van der Waals surface area contributed by atoms with Crippen molar-refractivity contribution in [1.82, 2.24) is 5.32 Å². The molecule has 0 spiro atoms. The smallest absolute Gasteiger partial charge is 0.341 e. The van der Waals surface area contributed by atoms with Gasteiger partial charge in [-0.3, -0.25) is 14.4 Å². The lowest BCUT2D eigenvalue weighted by atomic mass is 9.96. The van der Waals surface area contributed by atoms with Gasteiger partial charge in [-0.1, -0.05) is 37.1 Å². The largest absolute Gasteiger partial charge is 0.465 e. The lowest BCUT2D eigenvalue weighted by Gasteiger charge is -2.12. The Hall–Kier alpha value is -4.61. The number of methoxy groups -OCH3 is 1. The van der Waals surface area contributed by atoms with Gasteiger partial charge in [0.2, 0.25) is 5.91 Å². The van der Waals surface area contributed by atoms with Crippen molar-refractivity contribution in [3.63, 3.8) is 0 Å². The summed E-state index contributed by atoms with van der Waals surface area (Å²) in [6, 6.07) is 19.0. The minimum Gasteiger partial charge on any atom is -0.465 e. The molecule has 11 heteroatoms. The van der Waals surface area contributed by atoms with Crippen molar-refractivity contribution in [2.75, 3.05) is 23.5 Å². The van der Waals surface area contributed by atoms with E-state index in [9.17, 15) is 19.2 Å². The predicted octanol–water partition coefficient (Wildman–Crippen LogP) is 6.93. The number of fused-ring (bicyclic) bond motifs is 1. The fourth-order valence-corrected chi connectivity index (χ4v) is 7.01. The summed E-state index contributed by atoms with van der Waals surface area (Å²) in [4.78, 5) is 53.7. The zero-order chi connectivity index (χ0) is 31.6. The van der Waals surface area contributed by atoms with E-state index in [-0.39, 0.29) is 17.4 Å². The lowest BCUT2D eigenvalue weighted by Crippen LogP contribution is -2.30. The average Bonchev–Trinajstić information content (AvgIpc) is 3.67. The number of hydrogen-bond donors (Lipinski definition) is 3. The number of rotatable bonds is 10. The van der Waals surface area contributed by atoms with Crippen LogP contribution in [-0.2, 0) is 27.2 Å². The normalized spacial score (nSPS) is 13.1. The summed E-state index contributed by atoms with van der Waals surface area (Å²) < 4.78 is 10.4. The van der Waals surface area contributed by atoms with Crippen LogP contribution in [0.4, 0.5) is 10.7 Å². The molecule has 1 aliphatic carbocycles. The van der Waals surface area contributed by atoms with E-state index in [4.69, 9.17) is 9.15 Å². The molecule has 0 bridgehead atoms. The fraction of sp³-hybridized carbons (Fsp3) is 0.235. The molecule has 2 aromatic heterocycles. The minimum atomic E-state index is -0.542. The number of amides is 3. The Morgan fingerprint density at radius 3 is 2.49 bits per heavy atom. The molecule has 3 amide bonds. The first-order chi connectivity index (χ1) is 21.9. The standard InChI is InChI=1S/C34H33N3O6S2/c1-42-34(41)30-26-16-7-2-3-8-17-28(26)45-33(30)37-29(38)21-44-25-15-9-13-23(19-25)35-32(40)27(20-24-14-10-18-43-24)36-31(39)22-11-5-4-6-12-22/h4-6,9-15,18-20H,2-3,7-8,16-17,21H2,1H3,(H,35,40)(H,36,39)(H,37,38)/b27-20-. The number of carbonyl (C=O) groups excluding carboxylic acids is 4. The van der Waals surface area contributed by atoms with Crippen LogP contribution in [0.5, 0.6) is 0 Å². The van der Waals surface area contributed by atoms with E-state index in [1.165, 1.54) is 42.5 Å². The number of nitrogens with one attached hydrogen (secondary N) is 3. The molecule has 0 saturated carbocycles. The van der Waals surface area contributed by atoms with Gasteiger partial charge in [-0.25, -0.2) is 4.79 Å². The molecule has 45 heavy (non-hydrogen) atoms. The van der Waals surface area contributed by atoms with E-state index in [0.29, 0.717) is 27.6 Å². The van der Waals surface area contributed by atoms with Crippen molar-refractivity contribution >= 4 is 63.6 Å². The van der Waals surface area contributed by atoms with Crippen molar-refractivity contribution in [3.05, 3.63) is 106 Å². The van der Waals surface area contributed by atoms with Crippen molar-refractivity contribution in [1.29, 1.82) is 0 Å². The molecule has 0 saturated heterocycles. The highest BCUT2D eigenvalue weighted by Gasteiger charge is 2.26. The molecule has 1 aliphatic rings. The van der Waals surface area contributed by atoms with Crippen LogP contribution < -0.4 is 16.0 Å². The van der Waals surface area contributed by atoms with Gasteiger partial charge in [0.25, 0.3) is 11.8 Å². The molecule has 232 valence electrons. The number of carbonyl (C=O) groups is 4. The molecule has 3 N–H and O–H groups in total. The maximum atomic E-state index is 13.3. The van der Waals surface area contributed by atoms with E-state index in [2.05, 4.69) is 16.0 Å². The minimum absolute atomic E-state index is 0.00250. The van der Waals surface area contributed by atoms with E-state index >= 15 is 0 Å². The van der Waals surface area contributed by atoms with Gasteiger partial charge in [0.15, 0.2) is 0 Å². The van der Waals surface area contributed by atoms with Gasteiger partial charge in [0, 0.05) is 27.1 Å². The van der Waals surface area contributed by atoms with E-state index in [1.807, 2.05) is 6.07 Å². The molecule has 9 nitrogen and oxygen atoms in total. The Balaban J connectivity index is 1.24. The van der Waals surface area contributed by atoms with Gasteiger partial charge < -0.3 is 25.1 Å². The molecule has 0 unspecified atom stereocenters. The van der Waals surface area contributed by atoms with E-state index < -0.39 is 17.8 Å². The average molecular weight is 644 g/mol. The van der Waals surface area contributed by atoms with Crippen LogP contribution in [0.3, 0.4) is 0 Å². The number of ether oxygens (including phenoxy) is 1. The van der Waals surface area contributed by atoms with E-state index in [0.717, 1.165) is 53.9 Å². The maximum absolute atomic E-state index is 13.3. The van der Waals surface area contributed by atoms with Gasteiger partial charge in [0.05, 0.1) is 24.7 Å². The highest BCUT2D eigenvalue weighted by Crippen LogP contribution is 2.37. The highest BCUT2D eigenvalue weighted by atomic mass is 32.2. The number of benzene rings is 2. The number of anilines is 2. The maximum Gasteiger partial charge on any atom is 0.341 e. The van der Waals surface area contributed by atoms with Crippen LogP contribution in [0.2, 0.25) is 0 Å². The number of thioether (sulfide) groups is 1. The zero-order valence-corrected chi connectivity index (χ0v) is 26.4. The monoisotopic (exact) mass is 643 g/mol. The Morgan fingerprint density at radius 1 is 0.933 bits per heavy atom. The summed E-state index contributed by atoms with van der Waals surface area (Å²) >= 11 is 2.76.